The van der Waals surface area contributed by atoms with Crippen LogP contribution in [0.25, 0.3) is 0 Å². The summed E-state index contributed by atoms with van der Waals surface area (Å²) in [6.07, 6.45) is 1.86. The molecule has 0 saturated heterocycles. The van der Waals surface area contributed by atoms with Gasteiger partial charge in [-0.1, -0.05) is 5.21 Å². The summed E-state index contributed by atoms with van der Waals surface area (Å²) < 4.78 is 6.74. The normalized spacial score (nSPS) is 10.7. The highest BCUT2D eigenvalue weighted by Crippen LogP contribution is 1.88. The van der Waals surface area contributed by atoms with Crippen LogP contribution in [0.1, 0.15) is 5.69 Å². The molecule has 0 saturated carbocycles. The second-order valence-corrected chi connectivity index (χ2v) is 2.90. The van der Waals surface area contributed by atoms with E-state index in [9.17, 15) is 0 Å². The zero-order valence-corrected chi connectivity index (χ0v) is 8.31. The van der Waals surface area contributed by atoms with Crippen LogP contribution < -0.4 is 5.32 Å². The van der Waals surface area contributed by atoms with Crippen molar-refractivity contribution in [1.29, 1.82) is 0 Å². The molecule has 0 radical (unpaired) electrons. The fraction of sp³-hybridized carbons (Fsp3) is 0.750. The molecular formula is C8H16N4O2. The first-order chi connectivity index (χ1) is 6.83. The van der Waals surface area contributed by atoms with Crippen molar-refractivity contribution in [3.8, 4) is 0 Å². The maximum absolute atomic E-state index is 8.44. The third kappa shape index (κ3) is 4.31. The summed E-state index contributed by atoms with van der Waals surface area (Å²) >= 11 is 0. The lowest BCUT2D eigenvalue weighted by atomic mass is 10.4. The predicted octanol–water partition coefficient (Wildman–Crippen LogP) is -1.09. The molecule has 0 amide bonds. The highest BCUT2D eigenvalue weighted by Gasteiger charge is 1.96. The zero-order valence-electron chi connectivity index (χ0n) is 8.31. The van der Waals surface area contributed by atoms with Gasteiger partial charge in [0.15, 0.2) is 0 Å². The minimum atomic E-state index is 0.0736. The van der Waals surface area contributed by atoms with E-state index in [0.717, 1.165) is 12.2 Å². The largest absolute Gasteiger partial charge is 0.394 e. The van der Waals surface area contributed by atoms with Gasteiger partial charge in [0, 0.05) is 26.3 Å². The first-order valence-corrected chi connectivity index (χ1v) is 4.57. The van der Waals surface area contributed by atoms with E-state index in [1.807, 2.05) is 13.2 Å². The topological polar surface area (TPSA) is 72.2 Å². The van der Waals surface area contributed by atoms with Crippen molar-refractivity contribution < 1.29 is 9.84 Å². The van der Waals surface area contributed by atoms with Gasteiger partial charge in [-0.2, -0.15) is 0 Å². The summed E-state index contributed by atoms with van der Waals surface area (Å²) in [7, 11) is 1.83. The van der Waals surface area contributed by atoms with E-state index in [-0.39, 0.29) is 6.61 Å². The number of hydrogen-bond acceptors (Lipinski definition) is 5. The Labute approximate surface area is 82.9 Å². The average molecular weight is 200 g/mol. The molecule has 1 aromatic heterocycles. The van der Waals surface area contributed by atoms with Crippen molar-refractivity contribution in [2.45, 2.75) is 6.54 Å². The van der Waals surface area contributed by atoms with Crippen molar-refractivity contribution in [3.05, 3.63) is 11.9 Å². The van der Waals surface area contributed by atoms with E-state index in [1.165, 1.54) is 0 Å². The molecule has 14 heavy (non-hydrogen) atoms. The van der Waals surface area contributed by atoms with Crippen LogP contribution in [0.5, 0.6) is 0 Å². The number of hydrogen-bond donors (Lipinski definition) is 2. The summed E-state index contributed by atoms with van der Waals surface area (Å²) in [5.74, 6) is 0. The molecule has 6 heteroatoms. The Balaban J connectivity index is 1.99. The van der Waals surface area contributed by atoms with Crippen LogP contribution in [0.15, 0.2) is 6.20 Å². The molecule has 0 aliphatic carbocycles. The molecule has 0 unspecified atom stereocenters. The van der Waals surface area contributed by atoms with Crippen molar-refractivity contribution in [2.24, 2.45) is 7.05 Å². The lowest BCUT2D eigenvalue weighted by molar-refractivity contribution is 0.0937. The Morgan fingerprint density at radius 1 is 1.57 bits per heavy atom. The summed E-state index contributed by atoms with van der Waals surface area (Å²) in [6.45, 7) is 2.50. The molecule has 0 spiro atoms. The van der Waals surface area contributed by atoms with Crippen molar-refractivity contribution in [3.63, 3.8) is 0 Å². The third-order valence-electron chi connectivity index (χ3n) is 1.62. The van der Waals surface area contributed by atoms with Crippen LogP contribution in [-0.4, -0.2) is 46.5 Å². The number of aryl methyl sites for hydroxylation is 1. The molecular weight excluding hydrogens is 184 g/mol. The van der Waals surface area contributed by atoms with Gasteiger partial charge in [-0.3, -0.25) is 4.68 Å². The molecule has 6 nitrogen and oxygen atoms in total. The Bertz CT molecular complexity index is 251. The average Bonchev–Trinajstić information content (AvgIpc) is 2.58. The summed E-state index contributed by atoms with van der Waals surface area (Å²) in [5.41, 5.74) is 0.912. The molecule has 0 bridgehead atoms. The van der Waals surface area contributed by atoms with Crippen LogP contribution >= 0.6 is 0 Å². The molecule has 80 valence electrons. The molecule has 0 aliphatic heterocycles. The van der Waals surface area contributed by atoms with E-state index in [4.69, 9.17) is 9.84 Å². The fourth-order valence-corrected chi connectivity index (χ4v) is 1.00. The Hall–Kier alpha value is -0.980. The quantitative estimate of drug-likeness (QED) is 0.547. The van der Waals surface area contributed by atoms with Crippen molar-refractivity contribution >= 4 is 0 Å². The minimum Gasteiger partial charge on any atom is -0.394 e. The summed E-state index contributed by atoms with van der Waals surface area (Å²) in [4.78, 5) is 0. The van der Waals surface area contributed by atoms with E-state index >= 15 is 0 Å². The number of aromatic nitrogens is 3. The fourth-order valence-electron chi connectivity index (χ4n) is 1.00. The Kier molecular flexibility index (Phi) is 5.13. The van der Waals surface area contributed by atoms with E-state index in [2.05, 4.69) is 15.6 Å². The third-order valence-corrected chi connectivity index (χ3v) is 1.62. The van der Waals surface area contributed by atoms with Crippen molar-refractivity contribution in [2.75, 3.05) is 26.4 Å². The first-order valence-electron chi connectivity index (χ1n) is 4.57. The minimum absolute atomic E-state index is 0.0736. The van der Waals surface area contributed by atoms with Crippen molar-refractivity contribution in [1.82, 2.24) is 20.3 Å². The number of nitrogens with one attached hydrogen (secondary N) is 1. The maximum atomic E-state index is 8.44. The SMILES string of the molecule is Cn1cc(CNCCOCCO)nn1. The summed E-state index contributed by atoms with van der Waals surface area (Å²) in [5, 5.41) is 19.3. The van der Waals surface area contributed by atoms with Crippen LogP contribution in [0.4, 0.5) is 0 Å². The number of aliphatic hydroxyl groups is 1. The molecule has 0 atom stereocenters. The second kappa shape index (κ2) is 6.47. The summed E-state index contributed by atoms with van der Waals surface area (Å²) in [6, 6.07) is 0. The van der Waals surface area contributed by atoms with Gasteiger partial charge < -0.3 is 15.2 Å². The lowest BCUT2D eigenvalue weighted by Crippen LogP contribution is -2.20. The van der Waals surface area contributed by atoms with Gasteiger partial charge in [-0.15, -0.1) is 5.10 Å². The standard InChI is InChI=1S/C8H16N4O2/c1-12-7-8(10-11-12)6-9-2-4-14-5-3-13/h7,9,13H,2-6H2,1H3. The van der Waals surface area contributed by atoms with Crippen LogP contribution in [0.2, 0.25) is 0 Å². The highest BCUT2D eigenvalue weighted by molar-refractivity contribution is 4.90. The van der Waals surface area contributed by atoms with Gasteiger partial charge in [0.1, 0.15) is 0 Å². The zero-order chi connectivity index (χ0) is 10.2. The van der Waals surface area contributed by atoms with Gasteiger partial charge in [0.2, 0.25) is 0 Å². The molecule has 2 N–H and O–H groups in total. The monoisotopic (exact) mass is 200 g/mol. The van der Waals surface area contributed by atoms with Crippen LogP contribution in [0, 0.1) is 0 Å². The first kappa shape index (κ1) is 11.1. The molecule has 1 aromatic rings. The number of rotatable bonds is 7. The number of nitrogens with zero attached hydrogens (tertiary/aromatic N) is 3. The predicted molar refractivity (Wildman–Crippen MR) is 50.6 cm³/mol. The molecule has 0 aromatic carbocycles. The number of aliphatic hydroxyl groups excluding tert-OH is 1. The van der Waals surface area contributed by atoms with E-state index in [1.54, 1.807) is 4.68 Å². The Morgan fingerprint density at radius 3 is 3.07 bits per heavy atom. The second-order valence-electron chi connectivity index (χ2n) is 2.90. The van der Waals surface area contributed by atoms with E-state index < -0.39 is 0 Å². The van der Waals surface area contributed by atoms with E-state index in [0.29, 0.717) is 19.8 Å². The van der Waals surface area contributed by atoms with Crippen LogP contribution in [0.3, 0.4) is 0 Å². The highest BCUT2D eigenvalue weighted by atomic mass is 16.5. The van der Waals surface area contributed by atoms with Gasteiger partial charge in [-0.05, 0) is 0 Å². The smallest absolute Gasteiger partial charge is 0.0964 e. The van der Waals surface area contributed by atoms with Gasteiger partial charge in [-0.25, -0.2) is 0 Å². The molecule has 0 aliphatic rings. The van der Waals surface area contributed by atoms with Gasteiger partial charge >= 0.3 is 0 Å². The van der Waals surface area contributed by atoms with Crippen LogP contribution in [-0.2, 0) is 18.3 Å². The lowest BCUT2D eigenvalue weighted by Gasteiger charge is -2.02. The van der Waals surface area contributed by atoms with Gasteiger partial charge in [0.05, 0.1) is 25.5 Å². The van der Waals surface area contributed by atoms with Gasteiger partial charge in [0.25, 0.3) is 0 Å². The molecule has 1 rings (SSSR count). The molecule has 0 fully saturated rings. The number of ether oxygens (including phenoxy) is 1. The Morgan fingerprint density at radius 2 is 2.43 bits per heavy atom. The maximum Gasteiger partial charge on any atom is 0.0964 e. The molecule has 1 heterocycles.